The Labute approximate surface area is 106 Å². The smallest absolute Gasteiger partial charge is 0.0634 e. The molecule has 0 saturated heterocycles. The minimum absolute atomic E-state index is 0.243. The van der Waals surface area contributed by atoms with Crippen molar-refractivity contribution in [2.24, 2.45) is 0 Å². The Kier molecular flexibility index (Phi) is 4.07. The summed E-state index contributed by atoms with van der Waals surface area (Å²) in [6, 6.07) is 6.16. The van der Waals surface area contributed by atoms with Gasteiger partial charge in [-0.15, -0.1) is 0 Å². The third-order valence-electron chi connectivity index (χ3n) is 2.64. The van der Waals surface area contributed by atoms with Gasteiger partial charge in [0.15, 0.2) is 0 Å². The van der Waals surface area contributed by atoms with Crippen LogP contribution in [0.25, 0.3) is 0 Å². The van der Waals surface area contributed by atoms with Crippen LogP contribution in [0.2, 0.25) is 5.02 Å². The van der Waals surface area contributed by atoms with Crippen LogP contribution in [0, 0.1) is 0 Å². The molecule has 17 heavy (non-hydrogen) atoms. The first-order valence-electron chi connectivity index (χ1n) is 5.49. The predicted molar refractivity (Wildman–Crippen MR) is 68.7 cm³/mol. The minimum atomic E-state index is 0.243. The number of hydrogen-bond acceptors (Lipinski definition) is 3. The summed E-state index contributed by atoms with van der Waals surface area (Å²) in [5.41, 5.74) is 2.22. The van der Waals surface area contributed by atoms with E-state index in [0.29, 0.717) is 5.02 Å². The van der Waals surface area contributed by atoms with Gasteiger partial charge >= 0.3 is 0 Å². The van der Waals surface area contributed by atoms with E-state index in [1.165, 1.54) is 0 Å². The van der Waals surface area contributed by atoms with Gasteiger partial charge in [0.25, 0.3) is 0 Å². The molecule has 0 aliphatic carbocycles. The van der Waals surface area contributed by atoms with Gasteiger partial charge < -0.3 is 5.32 Å². The number of nitrogens with one attached hydrogen (secondary N) is 1. The number of halogens is 1. The van der Waals surface area contributed by atoms with Crippen molar-refractivity contribution in [1.82, 2.24) is 15.3 Å². The van der Waals surface area contributed by atoms with Gasteiger partial charge in [0.05, 0.1) is 5.02 Å². The van der Waals surface area contributed by atoms with Crippen molar-refractivity contribution in [2.45, 2.75) is 19.5 Å². The summed E-state index contributed by atoms with van der Waals surface area (Å²) in [5.74, 6) is 0. The van der Waals surface area contributed by atoms with E-state index < -0.39 is 0 Å². The van der Waals surface area contributed by atoms with Crippen molar-refractivity contribution in [1.29, 1.82) is 0 Å². The molecular weight excluding hydrogens is 234 g/mol. The van der Waals surface area contributed by atoms with E-state index in [2.05, 4.69) is 28.3 Å². The Morgan fingerprint density at radius 3 is 2.76 bits per heavy atom. The standard InChI is InChI=1S/C13H14ClN3/c1-10(11-3-2-5-15-7-11)17-8-12-4-6-16-9-13(12)14/h2-7,9-10,17H,8H2,1H3/t10-/m1/s1. The molecule has 0 radical (unpaired) electrons. The highest BCUT2D eigenvalue weighted by Gasteiger charge is 2.05. The van der Waals surface area contributed by atoms with Gasteiger partial charge in [0.2, 0.25) is 0 Å². The van der Waals surface area contributed by atoms with Crippen LogP contribution in [-0.4, -0.2) is 9.97 Å². The van der Waals surface area contributed by atoms with E-state index in [9.17, 15) is 0 Å². The normalized spacial score (nSPS) is 12.4. The summed E-state index contributed by atoms with van der Waals surface area (Å²) in [5, 5.41) is 4.10. The predicted octanol–water partition coefficient (Wildman–Crippen LogP) is 2.98. The van der Waals surface area contributed by atoms with Gasteiger partial charge in [0.1, 0.15) is 0 Å². The lowest BCUT2D eigenvalue weighted by Crippen LogP contribution is -2.18. The Hall–Kier alpha value is -1.45. The summed E-state index contributed by atoms with van der Waals surface area (Å²) in [4.78, 5) is 8.06. The molecule has 2 heterocycles. The number of rotatable bonds is 4. The maximum atomic E-state index is 6.04. The van der Waals surface area contributed by atoms with Crippen molar-refractivity contribution in [3.63, 3.8) is 0 Å². The highest BCUT2D eigenvalue weighted by Crippen LogP contribution is 2.15. The summed E-state index contributed by atoms with van der Waals surface area (Å²) in [6.45, 7) is 2.82. The van der Waals surface area contributed by atoms with E-state index in [1.54, 1.807) is 18.6 Å². The average molecular weight is 248 g/mol. The molecule has 0 bridgehead atoms. The first kappa shape index (κ1) is 12.0. The molecule has 0 saturated carbocycles. The van der Waals surface area contributed by atoms with Gasteiger partial charge in [-0.1, -0.05) is 17.7 Å². The van der Waals surface area contributed by atoms with E-state index in [0.717, 1.165) is 17.7 Å². The van der Waals surface area contributed by atoms with E-state index >= 15 is 0 Å². The fraction of sp³-hybridized carbons (Fsp3) is 0.231. The lowest BCUT2D eigenvalue weighted by molar-refractivity contribution is 0.573. The van der Waals surface area contributed by atoms with Crippen molar-refractivity contribution in [3.05, 3.63) is 59.1 Å². The third-order valence-corrected chi connectivity index (χ3v) is 2.98. The van der Waals surface area contributed by atoms with Crippen molar-refractivity contribution in [3.8, 4) is 0 Å². The van der Waals surface area contributed by atoms with Crippen LogP contribution in [0.15, 0.2) is 43.0 Å². The van der Waals surface area contributed by atoms with Crippen LogP contribution in [0.4, 0.5) is 0 Å². The first-order valence-corrected chi connectivity index (χ1v) is 5.87. The summed E-state index contributed by atoms with van der Waals surface area (Å²) < 4.78 is 0. The van der Waals surface area contributed by atoms with Gasteiger partial charge in [-0.2, -0.15) is 0 Å². The Morgan fingerprint density at radius 1 is 1.24 bits per heavy atom. The van der Waals surface area contributed by atoms with Crippen LogP contribution in [0.5, 0.6) is 0 Å². The van der Waals surface area contributed by atoms with Gasteiger partial charge in [-0.3, -0.25) is 9.97 Å². The molecule has 0 aromatic carbocycles. The Morgan fingerprint density at radius 2 is 2.06 bits per heavy atom. The second-order valence-corrected chi connectivity index (χ2v) is 4.26. The zero-order valence-electron chi connectivity index (χ0n) is 9.60. The highest BCUT2D eigenvalue weighted by molar-refractivity contribution is 6.31. The molecule has 88 valence electrons. The lowest BCUT2D eigenvalue weighted by Gasteiger charge is -2.14. The molecule has 0 aliphatic heterocycles. The van der Waals surface area contributed by atoms with Gasteiger partial charge in [-0.05, 0) is 30.2 Å². The molecule has 2 rings (SSSR count). The Bertz CT molecular complexity index is 473. The van der Waals surface area contributed by atoms with Crippen LogP contribution in [0.3, 0.4) is 0 Å². The van der Waals surface area contributed by atoms with Crippen LogP contribution in [0.1, 0.15) is 24.1 Å². The van der Waals surface area contributed by atoms with Crippen molar-refractivity contribution < 1.29 is 0 Å². The SMILES string of the molecule is C[C@@H](NCc1ccncc1Cl)c1cccnc1. The summed E-state index contributed by atoms with van der Waals surface area (Å²) >= 11 is 6.04. The topological polar surface area (TPSA) is 37.8 Å². The largest absolute Gasteiger partial charge is 0.306 e. The molecule has 0 amide bonds. The van der Waals surface area contributed by atoms with Crippen LogP contribution < -0.4 is 5.32 Å². The van der Waals surface area contributed by atoms with Gasteiger partial charge in [-0.25, -0.2) is 0 Å². The maximum absolute atomic E-state index is 6.04. The monoisotopic (exact) mass is 247 g/mol. The van der Waals surface area contributed by atoms with E-state index in [1.807, 2.05) is 18.3 Å². The average Bonchev–Trinajstić information content (AvgIpc) is 2.38. The van der Waals surface area contributed by atoms with E-state index in [4.69, 9.17) is 11.6 Å². The quantitative estimate of drug-likeness (QED) is 0.903. The lowest BCUT2D eigenvalue weighted by atomic mass is 10.1. The van der Waals surface area contributed by atoms with Crippen molar-refractivity contribution in [2.75, 3.05) is 0 Å². The third kappa shape index (κ3) is 3.25. The zero-order chi connectivity index (χ0) is 12.1. The fourth-order valence-electron chi connectivity index (χ4n) is 1.56. The van der Waals surface area contributed by atoms with Crippen molar-refractivity contribution >= 4 is 11.6 Å². The molecule has 0 unspecified atom stereocenters. The second-order valence-electron chi connectivity index (χ2n) is 3.86. The molecule has 1 N–H and O–H groups in total. The molecule has 4 heteroatoms. The number of hydrogen-bond donors (Lipinski definition) is 1. The molecular formula is C13H14ClN3. The molecule has 1 atom stereocenters. The minimum Gasteiger partial charge on any atom is -0.306 e. The maximum Gasteiger partial charge on any atom is 0.0634 e. The van der Waals surface area contributed by atoms with Crippen LogP contribution >= 0.6 is 11.6 Å². The zero-order valence-corrected chi connectivity index (χ0v) is 10.4. The van der Waals surface area contributed by atoms with Gasteiger partial charge in [0, 0.05) is 37.4 Å². The van der Waals surface area contributed by atoms with Crippen LogP contribution in [-0.2, 0) is 6.54 Å². The molecule has 2 aromatic rings. The first-order chi connectivity index (χ1) is 8.27. The number of pyridine rings is 2. The highest BCUT2D eigenvalue weighted by atomic mass is 35.5. The molecule has 3 nitrogen and oxygen atoms in total. The molecule has 2 aromatic heterocycles. The summed E-state index contributed by atoms with van der Waals surface area (Å²) in [7, 11) is 0. The van der Waals surface area contributed by atoms with E-state index in [-0.39, 0.29) is 6.04 Å². The number of aromatic nitrogens is 2. The molecule has 0 fully saturated rings. The molecule has 0 spiro atoms. The fourth-order valence-corrected chi connectivity index (χ4v) is 1.75. The molecule has 0 aliphatic rings. The Balaban J connectivity index is 1.97. The number of nitrogens with zero attached hydrogens (tertiary/aromatic N) is 2. The second kappa shape index (κ2) is 5.75. The summed E-state index contributed by atoms with van der Waals surface area (Å²) in [6.07, 6.45) is 7.05.